The standard InChI is InChI=1S/C32H35N5O3/c1-21(27-20-34-28-13-6-5-12-26(27)28)29(31(39)35-25-11-7-8-22(18-25)19-33)36-30(38)23-14-16-37(17-15-23)32(40)24-9-3-2-4-10-24/h2-13,18,20-21,23,29,34H,14-17,19,33H2,1H3,(H,35,39)(H,36,38). The topological polar surface area (TPSA) is 120 Å². The number of carbonyl (C=O) groups is 3. The molecule has 1 fully saturated rings. The van der Waals surface area contributed by atoms with Crippen molar-refractivity contribution in [2.24, 2.45) is 11.7 Å². The number of anilines is 1. The Bertz CT molecular complexity index is 1490. The molecule has 4 aromatic rings. The van der Waals surface area contributed by atoms with E-state index in [1.54, 1.807) is 17.0 Å². The van der Waals surface area contributed by atoms with Gasteiger partial charge < -0.3 is 26.3 Å². The summed E-state index contributed by atoms with van der Waals surface area (Å²) in [5.74, 6) is -1.08. The molecule has 1 saturated heterocycles. The van der Waals surface area contributed by atoms with E-state index in [9.17, 15) is 14.4 Å². The summed E-state index contributed by atoms with van der Waals surface area (Å²) < 4.78 is 0. The number of benzene rings is 3. The zero-order chi connectivity index (χ0) is 28.1. The molecule has 2 atom stereocenters. The average Bonchev–Trinajstić information content (AvgIpc) is 3.44. The largest absolute Gasteiger partial charge is 0.361 e. The van der Waals surface area contributed by atoms with Gasteiger partial charge in [-0.15, -0.1) is 0 Å². The van der Waals surface area contributed by atoms with Crippen molar-refractivity contribution in [3.8, 4) is 0 Å². The summed E-state index contributed by atoms with van der Waals surface area (Å²) in [6, 6.07) is 23.7. The van der Waals surface area contributed by atoms with Gasteiger partial charge in [0.2, 0.25) is 11.8 Å². The molecule has 1 aliphatic rings. The second-order valence-corrected chi connectivity index (χ2v) is 10.4. The fourth-order valence-corrected chi connectivity index (χ4v) is 5.44. The van der Waals surface area contributed by atoms with Crippen molar-refractivity contribution < 1.29 is 14.4 Å². The van der Waals surface area contributed by atoms with E-state index in [2.05, 4.69) is 15.6 Å². The summed E-state index contributed by atoms with van der Waals surface area (Å²) in [5.41, 5.74) is 9.89. The summed E-state index contributed by atoms with van der Waals surface area (Å²) >= 11 is 0. The van der Waals surface area contributed by atoms with Crippen molar-refractivity contribution in [2.45, 2.75) is 38.3 Å². The highest BCUT2D eigenvalue weighted by Crippen LogP contribution is 2.29. The van der Waals surface area contributed by atoms with E-state index in [4.69, 9.17) is 5.73 Å². The molecule has 1 aromatic heterocycles. The SMILES string of the molecule is CC(c1c[nH]c2ccccc12)C(NC(=O)C1CCN(C(=O)c2ccccc2)CC1)C(=O)Nc1cccc(CN)c1. The van der Waals surface area contributed by atoms with Crippen LogP contribution < -0.4 is 16.4 Å². The summed E-state index contributed by atoms with van der Waals surface area (Å²) in [6.45, 7) is 3.30. The van der Waals surface area contributed by atoms with Crippen LogP contribution in [0, 0.1) is 5.92 Å². The van der Waals surface area contributed by atoms with Gasteiger partial charge in [0.25, 0.3) is 5.91 Å². The second kappa shape index (κ2) is 12.2. The lowest BCUT2D eigenvalue weighted by atomic mass is 9.90. The molecule has 2 unspecified atom stereocenters. The fourth-order valence-electron chi connectivity index (χ4n) is 5.44. The first-order chi connectivity index (χ1) is 19.4. The molecule has 8 nitrogen and oxygen atoms in total. The predicted octanol–water partition coefficient (Wildman–Crippen LogP) is 4.41. The van der Waals surface area contributed by atoms with Crippen molar-refractivity contribution >= 4 is 34.3 Å². The Labute approximate surface area is 233 Å². The number of nitrogens with one attached hydrogen (secondary N) is 3. The number of fused-ring (bicyclic) bond motifs is 1. The molecule has 40 heavy (non-hydrogen) atoms. The second-order valence-electron chi connectivity index (χ2n) is 10.4. The number of nitrogens with two attached hydrogens (primary N) is 1. The lowest BCUT2D eigenvalue weighted by Gasteiger charge is -2.33. The summed E-state index contributed by atoms with van der Waals surface area (Å²) in [4.78, 5) is 45.1. The number of H-pyrrole nitrogens is 1. The number of para-hydroxylation sites is 1. The highest BCUT2D eigenvalue weighted by molar-refractivity contribution is 5.99. The molecule has 3 amide bonds. The van der Waals surface area contributed by atoms with E-state index < -0.39 is 6.04 Å². The lowest BCUT2D eigenvalue weighted by molar-refractivity contribution is -0.130. The van der Waals surface area contributed by atoms with Crippen LogP contribution in [-0.2, 0) is 16.1 Å². The summed E-state index contributed by atoms with van der Waals surface area (Å²) in [5, 5.41) is 7.07. The van der Waals surface area contributed by atoms with Gasteiger partial charge in [0, 0.05) is 59.8 Å². The van der Waals surface area contributed by atoms with Gasteiger partial charge in [-0.2, -0.15) is 0 Å². The van der Waals surface area contributed by atoms with Crippen molar-refractivity contribution in [1.29, 1.82) is 0 Å². The number of rotatable bonds is 8. The Morgan fingerprint density at radius 2 is 1.70 bits per heavy atom. The molecule has 0 saturated carbocycles. The highest BCUT2D eigenvalue weighted by atomic mass is 16.2. The van der Waals surface area contributed by atoms with Crippen LogP contribution in [0.3, 0.4) is 0 Å². The van der Waals surface area contributed by atoms with Crippen LogP contribution in [-0.4, -0.2) is 46.7 Å². The first-order valence-electron chi connectivity index (χ1n) is 13.7. The molecule has 0 bridgehead atoms. The Hall–Kier alpha value is -4.43. The molecular formula is C32H35N5O3. The number of carbonyl (C=O) groups excluding carboxylic acids is 3. The van der Waals surface area contributed by atoms with Crippen molar-refractivity contribution in [1.82, 2.24) is 15.2 Å². The van der Waals surface area contributed by atoms with Crippen LogP contribution in [0.1, 0.15) is 47.2 Å². The Morgan fingerprint density at radius 1 is 0.975 bits per heavy atom. The molecule has 0 spiro atoms. The number of hydrogen-bond donors (Lipinski definition) is 4. The molecule has 0 aliphatic carbocycles. The maximum atomic E-state index is 13.7. The smallest absolute Gasteiger partial charge is 0.253 e. The van der Waals surface area contributed by atoms with Crippen LogP contribution in [0.15, 0.2) is 85.1 Å². The van der Waals surface area contributed by atoms with Gasteiger partial charge in [-0.05, 0) is 54.3 Å². The number of amides is 3. The van der Waals surface area contributed by atoms with Gasteiger partial charge in [-0.1, -0.05) is 55.5 Å². The maximum Gasteiger partial charge on any atom is 0.253 e. The van der Waals surface area contributed by atoms with E-state index in [-0.39, 0.29) is 29.6 Å². The average molecular weight is 538 g/mol. The zero-order valence-corrected chi connectivity index (χ0v) is 22.6. The maximum absolute atomic E-state index is 13.7. The third kappa shape index (κ3) is 5.92. The van der Waals surface area contributed by atoms with Crippen LogP contribution in [0.2, 0.25) is 0 Å². The van der Waals surface area contributed by atoms with Crippen LogP contribution in [0.5, 0.6) is 0 Å². The number of aromatic nitrogens is 1. The molecule has 2 heterocycles. The first-order valence-corrected chi connectivity index (χ1v) is 13.7. The number of piperidine rings is 1. The van der Waals surface area contributed by atoms with Gasteiger partial charge in [0.05, 0.1) is 0 Å². The van der Waals surface area contributed by atoms with Gasteiger partial charge >= 0.3 is 0 Å². The van der Waals surface area contributed by atoms with Gasteiger partial charge in [-0.25, -0.2) is 0 Å². The number of hydrogen-bond acceptors (Lipinski definition) is 4. The minimum atomic E-state index is -0.808. The van der Waals surface area contributed by atoms with Crippen LogP contribution in [0.4, 0.5) is 5.69 Å². The van der Waals surface area contributed by atoms with Crippen LogP contribution >= 0.6 is 0 Å². The van der Waals surface area contributed by atoms with Gasteiger partial charge in [0.15, 0.2) is 0 Å². The minimum Gasteiger partial charge on any atom is -0.361 e. The normalized spacial score (nSPS) is 15.4. The number of likely N-dealkylation sites (tertiary alicyclic amines) is 1. The third-order valence-electron chi connectivity index (χ3n) is 7.80. The quantitative estimate of drug-likeness (QED) is 0.266. The third-order valence-corrected chi connectivity index (χ3v) is 7.80. The molecule has 8 heteroatoms. The van der Waals surface area contributed by atoms with Crippen molar-refractivity contribution in [3.05, 3.63) is 102 Å². The first kappa shape index (κ1) is 27.1. The summed E-state index contributed by atoms with van der Waals surface area (Å²) in [6.07, 6.45) is 2.99. The van der Waals surface area contributed by atoms with Crippen LogP contribution in [0.25, 0.3) is 10.9 Å². The lowest BCUT2D eigenvalue weighted by Crippen LogP contribution is -2.50. The highest BCUT2D eigenvalue weighted by Gasteiger charge is 2.34. The monoisotopic (exact) mass is 537 g/mol. The Morgan fingerprint density at radius 3 is 2.45 bits per heavy atom. The molecule has 1 aliphatic heterocycles. The molecule has 3 aromatic carbocycles. The van der Waals surface area contributed by atoms with Gasteiger partial charge in [0.1, 0.15) is 6.04 Å². The summed E-state index contributed by atoms with van der Waals surface area (Å²) in [7, 11) is 0. The Balaban J connectivity index is 1.32. The minimum absolute atomic E-state index is 0.0237. The number of aromatic amines is 1. The molecule has 0 radical (unpaired) electrons. The molecule has 5 rings (SSSR count). The molecule has 5 N–H and O–H groups in total. The number of nitrogens with zero attached hydrogens (tertiary/aromatic N) is 1. The van der Waals surface area contributed by atoms with E-state index in [1.165, 1.54) is 0 Å². The van der Waals surface area contributed by atoms with E-state index in [0.29, 0.717) is 43.7 Å². The van der Waals surface area contributed by atoms with Crippen molar-refractivity contribution in [2.75, 3.05) is 18.4 Å². The van der Waals surface area contributed by atoms with E-state index in [0.717, 1.165) is 22.0 Å². The predicted molar refractivity (Wildman–Crippen MR) is 157 cm³/mol. The molecular weight excluding hydrogens is 502 g/mol. The fraction of sp³-hybridized carbons (Fsp3) is 0.281. The molecule has 206 valence electrons. The van der Waals surface area contributed by atoms with E-state index >= 15 is 0 Å². The zero-order valence-electron chi connectivity index (χ0n) is 22.6. The van der Waals surface area contributed by atoms with E-state index in [1.807, 2.05) is 79.9 Å². The Kier molecular flexibility index (Phi) is 8.26. The van der Waals surface area contributed by atoms with Crippen molar-refractivity contribution in [3.63, 3.8) is 0 Å². The van der Waals surface area contributed by atoms with Gasteiger partial charge in [-0.3, -0.25) is 14.4 Å².